The van der Waals surface area contributed by atoms with Gasteiger partial charge in [0.05, 0.1) is 13.5 Å². The van der Waals surface area contributed by atoms with Crippen LogP contribution in [-0.2, 0) is 20.9 Å². The average Bonchev–Trinajstić information content (AvgIpc) is 2.81. The maximum Gasteiger partial charge on any atom is 0.306 e. The zero-order valence-corrected chi connectivity index (χ0v) is 15.0. The van der Waals surface area contributed by atoms with Crippen LogP contribution in [0.3, 0.4) is 0 Å². The first kappa shape index (κ1) is 18.5. The van der Waals surface area contributed by atoms with Gasteiger partial charge in [-0.05, 0) is 37.0 Å². The summed E-state index contributed by atoms with van der Waals surface area (Å²) in [7, 11) is 1.35. The Kier molecular flexibility index (Phi) is 6.79. The molecule has 24 heavy (non-hydrogen) atoms. The number of amides is 1. The van der Waals surface area contributed by atoms with E-state index in [-0.39, 0.29) is 24.7 Å². The van der Waals surface area contributed by atoms with Gasteiger partial charge >= 0.3 is 5.97 Å². The van der Waals surface area contributed by atoms with Gasteiger partial charge in [0.25, 0.3) is 0 Å². The lowest BCUT2D eigenvalue weighted by Gasteiger charge is -2.22. The number of hydrogen-bond acceptors (Lipinski definition) is 4. The summed E-state index contributed by atoms with van der Waals surface area (Å²) in [6.07, 6.45) is 1.37. The molecule has 0 atom stereocenters. The SMILES string of the molecule is COC(=O)CCC(=O)N1CCCN(Cc2ccc(C)c(C)c2)CC1. The van der Waals surface area contributed by atoms with Gasteiger partial charge in [0.1, 0.15) is 0 Å². The molecule has 0 bridgehead atoms. The lowest BCUT2D eigenvalue weighted by Crippen LogP contribution is -2.35. The lowest BCUT2D eigenvalue weighted by molar-refractivity contribution is -0.143. The van der Waals surface area contributed by atoms with Gasteiger partial charge in [0, 0.05) is 39.1 Å². The summed E-state index contributed by atoms with van der Waals surface area (Å²) in [5, 5.41) is 0. The molecule has 2 rings (SSSR count). The number of hydrogen-bond donors (Lipinski definition) is 0. The Morgan fingerprint density at radius 3 is 2.54 bits per heavy atom. The van der Waals surface area contributed by atoms with Gasteiger partial charge in [-0.3, -0.25) is 14.5 Å². The molecule has 5 nitrogen and oxygen atoms in total. The van der Waals surface area contributed by atoms with E-state index < -0.39 is 0 Å². The van der Waals surface area contributed by atoms with Crippen LogP contribution in [-0.4, -0.2) is 55.0 Å². The maximum atomic E-state index is 12.2. The first-order valence-corrected chi connectivity index (χ1v) is 8.62. The van der Waals surface area contributed by atoms with Gasteiger partial charge in [-0.2, -0.15) is 0 Å². The molecule has 0 spiro atoms. The van der Waals surface area contributed by atoms with Crippen LogP contribution in [0.1, 0.15) is 36.0 Å². The van der Waals surface area contributed by atoms with Crippen LogP contribution in [0.2, 0.25) is 0 Å². The average molecular weight is 332 g/mol. The number of ether oxygens (including phenoxy) is 1. The van der Waals surface area contributed by atoms with Gasteiger partial charge < -0.3 is 9.64 Å². The number of carbonyl (C=O) groups is 2. The number of carbonyl (C=O) groups excluding carboxylic acids is 2. The molecule has 0 aliphatic carbocycles. The maximum absolute atomic E-state index is 12.2. The summed E-state index contributed by atoms with van der Waals surface area (Å²) in [6.45, 7) is 8.55. The van der Waals surface area contributed by atoms with Crippen molar-refractivity contribution in [2.75, 3.05) is 33.3 Å². The van der Waals surface area contributed by atoms with Crippen LogP contribution < -0.4 is 0 Å². The molecule has 1 aliphatic heterocycles. The monoisotopic (exact) mass is 332 g/mol. The predicted octanol–water partition coefficient (Wildman–Crippen LogP) is 2.29. The second-order valence-electron chi connectivity index (χ2n) is 6.51. The minimum Gasteiger partial charge on any atom is -0.469 e. The third kappa shape index (κ3) is 5.34. The molecule has 1 aromatic rings. The van der Waals surface area contributed by atoms with E-state index in [9.17, 15) is 9.59 Å². The predicted molar refractivity (Wildman–Crippen MR) is 93.6 cm³/mol. The Morgan fingerprint density at radius 1 is 1.04 bits per heavy atom. The molecule has 1 fully saturated rings. The standard InChI is InChI=1S/C19H28N2O3/c1-15-5-6-17(13-16(15)2)14-20-9-4-10-21(12-11-20)18(22)7-8-19(23)24-3/h5-6,13H,4,7-12,14H2,1-3H3. The molecule has 0 aromatic heterocycles. The fourth-order valence-electron chi connectivity index (χ4n) is 3.01. The van der Waals surface area contributed by atoms with Crippen molar-refractivity contribution in [3.8, 4) is 0 Å². The zero-order chi connectivity index (χ0) is 17.5. The largest absolute Gasteiger partial charge is 0.469 e. The molecule has 0 radical (unpaired) electrons. The normalized spacial score (nSPS) is 15.9. The molecule has 0 saturated carbocycles. The molecule has 0 unspecified atom stereocenters. The Labute approximate surface area is 144 Å². The Hall–Kier alpha value is -1.88. The third-order valence-electron chi connectivity index (χ3n) is 4.69. The van der Waals surface area contributed by atoms with Crippen molar-refractivity contribution in [3.05, 3.63) is 34.9 Å². The second-order valence-corrected chi connectivity index (χ2v) is 6.51. The minimum absolute atomic E-state index is 0.0495. The van der Waals surface area contributed by atoms with Crippen molar-refractivity contribution in [2.24, 2.45) is 0 Å². The van der Waals surface area contributed by atoms with Gasteiger partial charge in [-0.25, -0.2) is 0 Å². The number of nitrogens with zero attached hydrogens (tertiary/aromatic N) is 2. The van der Waals surface area contributed by atoms with Gasteiger partial charge in [-0.15, -0.1) is 0 Å². The van der Waals surface area contributed by atoms with Crippen molar-refractivity contribution in [2.45, 2.75) is 39.7 Å². The van der Waals surface area contributed by atoms with Crippen molar-refractivity contribution < 1.29 is 14.3 Å². The van der Waals surface area contributed by atoms with E-state index in [0.717, 1.165) is 39.1 Å². The first-order chi connectivity index (χ1) is 11.5. The van der Waals surface area contributed by atoms with Gasteiger partial charge in [0.2, 0.25) is 5.91 Å². The van der Waals surface area contributed by atoms with Gasteiger partial charge in [0.15, 0.2) is 0 Å². The summed E-state index contributed by atoms with van der Waals surface area (Å²) in [5.41, 5.74) is 3.96. The molecule has 1 amide bonds. The summed E-state index contributed by atoms with van der Waals surface area (Å²) < 4.78 is 4.60. The minimum atomic E-state index is -0.325. The van der Waals surface area contributed by atoms with E-state index in [1.165, 1.54) is 23.8 Å². The van der Waals surface area contributed by atoms with Crippen LogP contribution in [0.5, 0.6) is 0 Å². The van der Waals surface area contributed by atoms with E-state index in [1.807, 2.05) is 4.90 Å². The third-order valence-corrected chi connectivity index (χ3v) is 4.69. The van der Waals surface area contributed by atoms with Crippen LogP contribution in [0.4, 0.5) is 0 Å². The molecular formula is C19H28N2O3. The Morgan fingerprint density at radius 2 is 1.83 bits per heavy atom. The van der Waals surface area contributed by atoms with E-state index in [1.54, 1.807) is 0 Å². The second kappa shape index (κ2) is 8.83. The fraction of sp³-hybridized carbons (Fsp3) is 0.579. The molecule has 1 aliphatic rings. The fourth-order valence-corrected chi connectivity index (χ4v) is 3.01. The first-order valence-electron chi connectivity index (χ1n) is 8.62. The highest BCUT2D eigenvalue weighted by atomic mass is 16.5. The van der Waals surface area contributed by atoms with Crippen molar-refractivity contribution in [1.29, 1.82) is 0 Å². The van der Waals surface area contributed by atoms with Gasteiger partial charge in [-0.1, -0.05) is 18.2 Å². The molecule has 1 saturated heterocycles. The van der Waals surface area contributed by atoms with Crippen molar-refractivity contribution in [3.63, 3.8) is 0 Å². The van der Waals surface area contributed by atoms with E-state index in [2.05, 4.69) is 41.7 Å². The summed E-state index contributed by atoms with van der Waals surface area (Å²) >= 11 is 0. The zero-order valence-electron chi connectivity index (χ0n) is 15.0. The van der Waals surface area contributed by atoms with Crippen LogP contribution in [0.15, 0.2) is 18.2 Å². The number of rotatable bonds is 5. The molecule has 1 aromatic carbocycles. The smallest absolute Gasteiger partial charge is 0.306 e. The molecule has 132 valence electrons. The van der Waals surface area contributed by atoms with Crippen LogP contribution in [0, 0.1) is 13.8 Å². The number of methoxy groups -OCH3 is 1. The topological polar surface area (TPSA) is 49.9 Å². The van der Waals surface area contributed by atoms with Crippen molar-refractivity contribution >= 4 is 11.9 Å². The lowest BCUT2D eigenvalue weighted by atomic mass is 10.1. The molecule has 5 heteroatoms. The number of esters is 1. The van der Waals surface area contributed by atoms with Crippen LogP contribution in [0.25, 0.3) is 0 Å². The van der Waals surface area contributed by atoms with E-state index in [0.29, 0.717) is 0 Å². The molecule has 1 heterocycles. The highest BCUT2D eigenvalue weighted by Gasteiger charge is 2.20. The summed E-state index contributed by atoms with van der Waals surface area (Å²) in [6, 6.07) is 6.61. The number of benzene rings is 1. The van der Waals surface area contributed by atoms with Crippen LogP contribution >= 0.6 is 0 Å². The quantitative estimate of drug-likeness (QED) is 0.776. The Balaban J connectivity index is 1.84. The van der Waals surface area contributed by atoms with E-state index >= 15 is 0 Å². The number of aryl methyl sites for hydroxylation is 2. The molecular weight excluding hydrogens is 304 g/mol. The summed E-state index contributed by atoms with van der Waals surface area (Å²) in [5.74, 6) is -0.275. The van der Waals surface area contributed by atoms with E-state index in [4.69, 9.17) is 0 Å². The highest BCUT2D eigenvalue weighted by Crippen LogP contribution is 2.14. The van der Waals surface area contributed by atoms with Crippen molar-refractivity contribution in [1.82, 2.24) is 9.80 Å². The Bertz CT molecular complexity index is 586. The highest BCUT2D eigenvalue weighted by molar-refractivity contribution is 5.81. The summed E-state index contributed by atoms with van der Waals surface area (Å²) in [4.78, 5) is 27.7. The molecule has 0 N–H and O–H groups in total.